The second-order valence-electron chi connectivity index (χ2n) is 5.87. The van der Waals surface area contributed by atoms with E-state index < -0.39 is 5.63 Å². The van der Waals surface area contributed by atoms with Crippen LogP contribution in [0.2, 0.25) is 0 Å². The quantitative estimate of drug-likeness (QED) is 0.838. The van der Waals surface area contributed by atoms with Crippen molar-refractivity contribution in [3.63, 3.8) is 0 Å². The van der Waals surface area contributed by atoms with E-state index in [4.69, 9.17) is 13.9 Å². The van der Waals surface area contributed by atoms with Gasteiger partial charge in [0.2, 0.25) is 0 Å². The summed E-state index contributed by atoms with van der Waals surface area (Å²) in [5, 5.41) is 0. The molecule has 1 saturated heterocycles. The van der Waals surface area contributed by atoms with Crippen molar-refractivity contribution in [2.24, 2.45) is 0 Å². The molecular formula is C18H19NO5. The molecule has 1 aromatic heterocycles. The molecule has 0 unspecified atom stereocenters. The van der Waals surface area contributed by atoms with Gasteiger partial charge in [-0.3, -0.25) is 4.79 Å². The van der Waals surface area contributed by atoms with E-state index >= 15 is 0 Å². The highest BCUT2D eigenvalue weighted by atomic mass is 16.5. The van der Waals surface area contributed by atoms with E-state index in [2.05, 4.69) is 0 Å². The average molecular weight is 329 g/mol. The summed E-state index contributed by atoms with van der Waals surface area (Å²) in [6, 6.07) is 10.5. The Labute approximate surface area is 139 Å². The SMILES string of the molecule is Cc1cccc(OCC(=O)N2CC(Oc3cc(C)oc(=O)c3)C2)c1. The number of nitrogens with zero attached hydrogens (tertiary/aromatic N) is 1. The van der Waals surface area contributed by atoms with Crippen LogP contribution in [0.1, 0.15) is 11.3 Å². The number of carbonyl (C=O) groups excluding carboxylic acids is 1. The smallest absolute Gasteiger partial charge is 0.339 e. The lowest BCUT2D eigenvalue weighted by Gasteiger charge is -2.38. The molecule has 2 aromatic rings. The molecule has 0 saturated carbocycles. The van der Waals surface area contributed by atoms with Crippen molar-refractivity contribution < 1.29 is 18.7 Å². The number of hydrogen-bond donors (Lipinski definition) is 0. The molecule has 0 radical (unpaired) electrons. The van der Waals surface area contributed by atoms with Gasteiger partial charge < -0.3 is 18.8 Å². The minimum absolute atomic E-state index is 0.00417. The van der Waals surface area contributed by atoms with Crippen molar-refractivity contribution in [1.82, 2.24) is 4.90 Å². The predicted molar refractivity (Wildman–Crippen MR) is 87.4 cm³/mol. The topological polar surface area (TPSA) is 69.0 Å². The van der Waals surface area contributed by atoms with Crippen LogP contribution < -0.4 is 15.1 Å². The molecule has 0 atom stereocenters. The first kappa shape index (κ1) is 16.1. The van der Waals surface area contributed by atoms with Gasteiger partial charge in [-0.25, -0.2) is 4.79 Å². The van der Waals surface area contributed by atoms with E-state index in [1.54, 1.807) is 17.9 Å². The molecule has 24 heavy (non-hydrogen) atoms. The van der Waals surface area contributed by atoms with Gasteiger partial charge in [-0.1, -0.05) is 12.1 Å². The number of carbonyl (C=O) groups is 1. The summed E-state index contributed by atoms with van der Waals surface area (Å²) in [6.45, 7) is 4.63. The Hall–Kier alpha value is -2.76. The number of rotatable bonds is 5. The van der Waals surface area contributed by atoms with E-state index in [9.17, 15) is 9.59 Å². The van der Waals surface area contributed by atoms with Crippen molar-refractivity contribution in [3.8, 4) is 11.5 Å². The van der Waals surface area contributed by atoms with Gasteiger partial charge >= 0.3 is 5.63 Å². The molecule has 6 heteroatoms. The summed E-state index contributed by atoms with van der Waals surface area (Å²) in [5.41, 5.74) is 0.642. The average Bonchev–Trinajstić information content (AvgIpc) is 2.47. The second-order valence-corrected chi connectivity index (χ2v) is 5.87. The van der Waals surface area contributed by atoms with Crippen LogP contribution in [-0.2, 0) is 4.79 Å². The molecule has 1 aliphatic rings. The summed E-state index contributed by atoms with van der Waals surface area (Å²) in [5.74, 6) is 1.57. The summed E-state index contributed by atoms with van der Waals surface area (Å²) in [6.07, 6.45) is -0.117. The fourth-order valence-corrected chi connectivity index (χ4v) is 2.49. The third-order valence-corrected chi connectivity index (χ3v) is 3.72. The monoisotopic (exact) mass is 329 g/mol. The molecule has 0 N–H and O–H groups in total. The molecule has 6 nitrogen and oxygen atoms in total. The first-order chi connectivity index (χ1) is 11.5. The van der Waals surface area contributed by atoms with Crippen LogP contribution in [0.3, 0.4) is 0 Å². The fourth-order valence-electron chi connectivity index (χ4n) is 2.49. The molecule has 3 rings (SSSR count). The lowest BCUT2D eigenvalue weighted by molar-refractivity contribution is -0.142. The van der Waals surface area contributed by atoms with Crippen molar-refractivity contribution in [2.75, 3.05) is 19.7 Å². The maximum absolute atomic E-state index is 12.1. The molecule has 1 fully saturated rings. The maximum atomic E-state index is 12.1. The van der Waals surface area contributed by atoms with Gasteiger partial charge in [0.1, 0.15) is 23.4 Å². The zero-order chi connectivity index (χ0) is 17.1. The van der Waals surface area contributed by atoms with Gasteiger partial charge in [0.15, 0.2) is 6.61 Å². The van der Waals surface area contributed by atoms with Crippen LogP contribution in [0.25, 0.3) is 0 Å². The fraction of sp³-hybridized carbons (Fsp3) is 0.333. The molecule has 1 aromatic carbocycles. The zero-order valence-electron chi connectivity index (χ0n) is 13.7. The molecule has 0 aliphatic carbocycles. The number of aryl methyl sites for hydroxylation is 2. The molecule has 126 valence electrons. The molecule has 0 bridgehead atoms. The van der Waals surface area contributed by atoms with Crippen molar-refractivity contribution in [2.45, 2.75) is 20.0 Å². The Morgan fingerprint density at radius 1 is 1.21 bits per heavy atom. The summed E-state index contributed by atoms with van der Waals surface area (Å²) in [7, 11) is 0. The number of hydrogen-bond acceptors (Lipinski definition) is 5. The first-order valence-corrected chi connectivity index (χ1v) is 7.75. The third-order valence-electron chi connectivity index (χ3n) is 3.72. The van der Waals surface area contributed by atoms with Gasteiger partial charge in [0.25, 0.3) is 5.91 Å². The van der Waals surface area contributed by atoms with E-state index in [1.165, 1.54) is 6.07 Å². The van der Waals surface area contributed by atoms with Crippen molar-refractivity contribution in [3.05, 3.63) is 58.1 Å². The minimum Gasteiger partial charge on any atom is -0.486 e. The number of ether oxygens (including phenoxy) is 2. The van der Waals surface area contributed by atoms with Gasteiger partial charge in [0.05, 0.1) is 19.2 Å². The lowest BCUT2D eigenvalue weighted by atomic mass is 10.1. The molecular weight excluding hydrogens is 310 g/mol. The summed E-state index contributed by atoms with van der Waals surface area (Å²) >= 11 is 0. The molecule has 2 heterocycles. The Kier molecular flexibility index (Phi) is 4.55. The van der Waals surface area contributed by atoms with E-state index in [1.807, 2.05) is 31.2 Å². The standard InChI is InChI=1S/C18H19NO5/c1-12-4-3-5-14(6-12)22-11-17(20)19-9-16(10-19)24-15-7-13(2)23-18(21)8-15/h3-8,16H,9-11H2,1-2H3. The van der Waals surface area contributed by atoms with Crippen LogP contribution in [0.5, 0.6) is 11.5 Å². The highest BCUT2D eigenvalue weighted by molar-refractivity contribution is 5.78. The minimum atomic E-state index is -0.441. The summed E-state index contributed by atoms with van der Waals surface area (Å²) in [4.78, 5) is 25.0. The number of benzene rings is 1. The molecule has 1 amide bonds. The predicted octanol–water partition coefficient (Wildman–Crippen LogP) is 1.93. The lowest BCUT2D eigenvalue weighted by Crippen LogP contribution is -2.57. The Morgan fingerprint density at radius 3 is 2.71 bits per heavy atom. The van der Waals surface area contributed by atoms with Crippen LogP contribution >= 0.6 is 0 Å². The normalized spacial score (nSPS) is 14.2. The van der Waals surface area contributed by atoms with Crippen LogP contribution in [0.4, 0.5) is 0 Å². The second kappa shape index (κ2) is 6.78. The van der Waals surface area contributed by atoms with Gasteiger partial charge in [0, 0.05) is 6.07 Å². The van der Waals surface area contributed by atoms with Crippen LogP contribution in [-0.4, -0.2) is 36.6 Å². The Bertz CT molecular complexity index is 792. The van der Waals surface area contributed by atoms with E-state index in [0.717, 1.165) is 5.56 Å². The van der Waals surface area contributed by atoms with Crippen LogP contribution in [0.15, 0.2) is 45.6 Å². The Balaban J connectivity index is 1.45. The van der Waals surface area contributed by atoms with E-state index in [-0.39, 0.29) is 18.6 Å². The largest absolute Gasteiger partial charge is 0.486 e. The summed E-state index contributed by atoms with van der Waals surface area (Å²) < 4.78 is 16.1. The number of amides is 1. The van der Waals surface area contributed by atoms with Gasteiger partial charge in [-0.2, -0.15) is 0 Å². The third kappa shape index (κ3) is 3.95. The van der Waals surface area contributed by atoms with E-state index in [0.29, 0.717) is 30.3 Å². The highest BCUT2D eigenvalue weighted by Crippen LogP contribution is 2.18. The van der Waals surface area contributed by atoms with Gasteiger partial charge in [-0.15, -0.1) is 0 Å². The van der Waals surface area contributed by atoms with Crippen LogP contribution in [0, 0.1) is 13.8 Å². The van der Waals surface area contributed by atoms with Crippen molar-refractivity contribution in [1.29, 1.82) is 0 Å². The Morgan fingerprint density at radius 2 is 2.00 bits per heavy atom. The number of likely N-dealkylation sites (tertiary alicyclic amines) is 1. The van der Waals surface area contributed by atoms with Crippen molar-refractivity contribution >= 4 is 5.91 Å². The first-order valence-electron chi connectivity index (χ1n) is 7.75. The molecule has 0 spiro atoms. The highest BCUT2D eigenvalue weighted by Gasteiger charge is 2.32. The molecule has 1 aliphatic heterocycles. The zero-order valence-corrected chi connectivity index (χ0v) is 13.7. The maximum Gasteiger partial charge on any atom is 0.339 e. The van der Waals surface area contributed by atoms with Gasteiger partial charge in [-0.05, 0) is 31.5 Å².